The highest BCUT2D eigenvalue weighted by molar-refractivity contribution is 7.99. The number of hydrogen-bond acceptors (Lipinski definition) is 8. The summed E-state index contributed by atoms with van der Waals surface area (Å²) in [5.74, 6) is 0.100. The van der Waals surface area contributed by atoms with Gasteiger partial charge < -0.3 is 19.9 Å². The molecule has 138 valence electrons. The molecule has 0 unspecified atom stereocenters. The molecule has 2 rings (SSSR count). The van der Waals surface area contributed by atoms with E-state index in [1.807, 2.05) is 24.3 Å². The monoisotopic (exact) mass is 375 g/mol. The van der Waals surface area contributed by atoms with Crippen LogP contribution in [0, 0.1) is 5.21 Å². The van der Waals surface area contributed by atoms with Crippen LogP contribution in [0.25, 0.3) is 0 Å². The van der Waals surface area contributed by atoms with E-state index in [-0.39, 0.29) is 23.0 Å². The third-order valence-electron chi connectivity index (χ3n) is 3.03. The van der Waals surface area contributed by atoms with Crippen LogP contribution in [-0.4, -0.2) is 29.6 Å². The van der Waals surface area contributed by atoms with Crippen LogP contribution < -0.4 is 5.23 Å². The second-order valence-corrected chi connectivity index (χ2v) is 6.38. The highest BCUT2D eigenvalue weighted by atomic mass is 32.2. The number of ether oxygens (including phenoxy) is 2. The van der Waals surface area contributed by atoms with Crippen LogP contribution >= 0.6 is 11.8 Å². The van der Waals surface area contributed by atoms with Gasteiger partial charge in [0.2, 0.25) is 0 Å². The molecule has 8 heteroatoms. The van der Waals surface area contributed by atoms with Crippen LogP contribution in [0.5, 0.6) is 0 Å². The fraction of sp³-hybridized carbons (Fsp3) is 0.222. The van der Waals surface area contributed by atoms with Gasteiger partial charge in [-0.3, -0.25) is 10.2 Å². The molecule has 0 aliphatic rings. The van der Waals surface area contributed by atoms with E-state index in [1.54, 1.807) is 32.2 Å². The second-order valence-electron chi connectivity index (χ2n) is 5.42. The first kappa shape index (κ1) is 19.8. The Kier molecular flexibility index (Phi) is 7.46. The molecule has 0 saturated carbocycles. The number of benzene rings is 2. The van der Waals surface area contributed by atoms with E-state index >= 15 is 0 Å². The average Bonchev–Trinajstić information content (AvgIpc) is 2.60. The maximum Gasteiger partial charge on any atom is 0.509 e. The summed E-state index contributed by atoms with van der Waals surface area (Å²) < 4.78 is 9.90. The van der Waals surface area contributed by atoms with Gasteiger partial charge in [-0.25, -0.2) is 4.79 Å². The van der Waals surface area contributed by atoms with Gasteiger partial charge in [0, 0.05) is 11.1 Å². The van der Waals surface area contributed by atoms with Crippen LogP contribution in [0.2, 0.25) is 0 Å². The van der Waals surface area contributed by atoms with E-state index in [4.69, 9.17) is 14.7 Å². The lowest BCUT2D eigenvalue weighted by molar-refractivity contribution is 0.0461. The topological polar surface area (TPSA) is 94.4 Å². The Labute approximate surface area is 155 Å². The number of anilines is 1. The molecule has 0 aromatic heterocycles. The Morgan fingerprint density at radius 2 is 2.08 bits per heavy atom. The highest BCUT2D eigenvalue weighted by Gasteiger charge is 2.08. The van der Waals surface area contributed by atoms with Crippen molar-refractivity contribution in [3.05, 3.63) is 59.3 Å². The van der Waals surface area contributed by atoms with Crippen molar-refractivity contribution in [3.63, 3.8) is 0 Å². The zero-order chi connectivity index (χ0) is 18.9. The predicted molar refractivity (Wildman–Crippen MR) is 101 cm³/mol. The molecule has 7 nitrogen and oxygen atoms in total. The fourth-order valence-electron chi connectivity index (χ4n) is 1.92. The molecule has 0 spiro atoms. The minimum absolute atomic E-state index is 0.100. The molecular weight excluding hydrogens is 356 g/mol. The number of carbonyl (C=O) groups excluding carboxylic acids is 1. The number of hydrogen-bond donors (Lipinski definition) is 1. The molecule has 1 N–H and O–H groups in total. The van der Waals surface area contributed by atoms with Gasteiger partial charge in [0.25, 0.3) is 0 Å². The zero-order valence-corrected chi connectivity index (χ0v) is 15.2. The van der Waals surface area contributed by atoms with Crippen LogP contribution in [0.4, 0.5) is 16.2 Å². The van der Waals surface area contributed by atoms with Crippen molar-refractivity contribution in [1.82, 2.24) is 0 Å². The normalized spacial score (nSPS) is 11.0. The molecule has 0 aliphatic carbocycles. The van der Waals surface area contributed by atoms with Gasteiger partial charge in [0.05, 0.1) is 17.5 Å². The minimum atomic E-state index is -0.712. The van der Waals surface area contributed by atoms with Gasteiger partial charge in [0.15, 0.2) is 0 Å². The maximum atomic E-state index is 11.4. The van der Waals surface area contributed by atoms with Crippen molar-refractivity contribution >= 4 is 35.5 Å². The Morgan fingerprint density at radius 1 is 1.31 bits per heavy atom. The Bertz CT molecular complexity index is 765. The van der Waals surface area contributed by atoms with Gasteiger partial charge in [0.1, 0.15) is 5.94 Å². The lowest BCUT2D eigenvalue weighted by Crippen LogP contribution is -2.12. The molecule has 0 saturated heterocycles. The molecule has 26 heavy (non-hydrogen) atoms. The van der Waals surface area contributed by atoms with Gasteiger partial charge in [-0.15, -0.1) is 0 Å². The van der Waals surface area contributed by atoms with Crippen LogP contribution in [0.15, 0.2) is 58.4 Å². The molecule has 0 radical (unpaired) electrons. The van der Waals surface area contributed by atoms with Crippen molar-refractivity contribution in [2.75, 3.05) is 11.2 Å². The summed E-state index contributed by atoms with van der Waals surface area (Å²) in [6.07, 6.45) is 0.640. The van der Waals surface area contributed by atoms with E-state index in [2.05, 4.69) is 4.99 Å². The van der Waals surface area contributed by atoms with Crippen molar-refractivity contribution < 1.29 is 19.5 Å². The number of rotatable bonds is 7. The van der Waals surface area contributed by atoms with Gasteiger partial charge in [-0.05, 0) is 43.7 Å². The Hall–Kier alpha value is -2.55. The van der Waals surface area contributed by atoms with Crippen molar-refractivity contribution in [1.29, 1.82) is 0 Å². The average molecular weight is 375 g/mol. The number of carbonyl (C=O) groups is 1. The van der Waals surface area contributed by atoms with Gasteiger partial charge >= 0.3 is 6.16 Å². The lowest BCUT2D eigenvalue weighted by atomic mass is 10.2. The van der Waals surface area contributed by atoms with Gasteiger partial charge in [-0.2, -0.15) is 0 Å². The quantitative estimate of drug-likeness (QED) is 0.245. The molecule has 2 aromatic carbocycles. The standard InChI is InChI=1S/C18H19N2O5S/c1-13(2)25-18(21)24-12-26-17-9-4-3-8-16(17)19-11-14-6-5-7-15(10-14)20(22)23/h3-11,13,22H,12H2,1-2H3/q-1. The third kappa shape index (κ3) is 6.40. The molecule has 0 heterocycles. The third-order valence-corrected chi connectivity index (χ3v) is 3.92. The van der Waals surface area contributed by atoms with E-state index in [0.29, 0.717) is 11.3 Å². The molecular formula is C18H19N2O5S-. The van der Waals surface area contributed by atoms with E-state index in [0.717, 1.165) is 4.90 Å². The van der Waals surface area contributed by atoms with E-state index in [1.165, 1.54) is 23.9 Å². The lowest BCUT2D eigenvalue weighted by Gasteiger charge is -2.21. The summed E-state index contributed by atoms with van der Waals surface area (Å²) in [5, 5.41) is 19.7. The largest absolute Gasteiger partial charge is 0.733 e. The Balaban J connectivity index is 2.02. The first-order valence-corrected chi connectivity index (χ1v) is 8.80. The van der Waals surface area contributed by atoms with E-state index < -0.39 is 6.16 Å². The second kappa shape index (κ2) is 9.81. The van der Waals surface area contributed by atoms with Crippen LogP contribution in [0.3, 0.4) is 0 Å². The maximum absolute atomic E-state index is 11.4. The molecule has 0 fully saturated rings. The molecule has 0 bridgehead atoms. The first-order chi connectivity index (χ1) is 12.5. The first-order valence-electron chi connectivity index (χ1n) is 7.81. The van der Waals surface area contributed by atoms with Crippen molar-refractivity contribution in [2.24, 2.45) is 4.99 Å². The minimum Gasteiger partial charge on any atom is -0.733 e. The SMILES string of the molecule is CC(C)OC(=O)OCSc1ccccc1N=Cc1cccc(N([O-])O)c1. The number of para-hydroxylation sites is 1. The number of nitrogens with zero attached hydrogens (tertiary/aromatic N) is 2. The molecule has 0 amide bonds. The van der Waals surface area contributed by atoms with Crippen molar-refractivity contribution in [2.45, 2.75) is 24.8 Å². The predicted octanol–water partition coefficient (Wildman–Crippen LogP) is 4.74. The fourth-order valence-corrected chi connectivity index (χ4v) is 2.65. The molecule has 0 aliphatic heterocycles. The summed E-state index contributed by atoms with van der Waals surface area (Å²) >= 11 is 1.31. The zero-order valence-electron chi connectivity index (χ0n) is 14.4. The summed E-state index contributed by atoms with van der Waals surface area (Å²) in [5.41, 5.74) is 1.47. The van der Waals surface area contributed by atoms with Gasteiger partial charge in [-0.1, -0.05) is 36.0 Å². The Morgan fingerprint density at radius 3 is 2.81 bits per heavy atom. The summed E-state index contributed by atoms with van der Waals surface area (Å²) in [6.45, 7) is 3.49. The van der Waals surface area contributed by atoms with E-state index in [9.17, 15) is 10.0 Å². The number of aliphatic imine (C=N–C) groups is 1. The van der Waals surface area contributed by atoms with Crippen molar-refractivity contribution in [3.8, 4) is 0 Å². The molecule has 0 atom stereocenters. The van der Waals surface area contributed by atoms with Crippen LogP contribution in [0.1, 0.15) is 19.4 Å². The summed E-state index contributed by atoms with van der Waals surface area (Å²) in [4.78, 5) is 16.6. The smallest absolute Gasteiger partial charge is 0.509 e. The molecule has 2 aromatic rings. The summed E-state index contributed by atoms with van der Waals surface area (Å²) in [6, 6.07) is 13.8. The highest BCUT2D eigenvalue weighted by Crippen LogP contribution is 2.29. The van der Waals surface area contributed by atoms with Crippen LogP contribution in [-0.2, 0) is 9.47 Å². The number of thioether (sulfide) groups is 1. The summed E-state index contributed by atoms with van der Waals surface area (Å²) in [7, 11) is 0.